The summed E-state index contributed by atoms with van der Waals surface area (Å²) in [7, 11) is 0. The zero-order chi connectivity index (χ0) is 15.4. The number of morpholine rings is 1. The van der Waals surface area contributed by atoms with Gasteiger partial charge in [0, 0.05) is 30.5 Å². The van der Waals surface area contributed by atoms with Gasteiger partial charge in [0.1, 0.15) is 6.10 Å². The van der Waals surface area contributed by atoms with Gasteiger partial charge in [-0.3, -0.25) is 4.79 Å². The molecule has 0 bridgehead atoms. The minimum Gasteiger partial charge on any atom is -0.370 e. The van der Waals surface area contributed by atoms with Crippen LogP contribution in [0.1, 0.15) is 25.0 Å². The van der Waals surface area contributed by atoms with Crippen LogP contribution in [0.3, 0.4) is 0 Å². The highest BCUT2D eigenvalue weighted by Crippen LogP contribution is 2.25. The Bertz CT molecular complexity index is 491. The molecule has 3 rings (SSSR count). The number of carbonyl (C=O) groups excluding carboxylic acids is 1. The van der Waals surface area contributed by atoms with E-state index >= 15 is 0 Å². The molecule has 4 nitrogen and oxygen atoms in total. The van der Waals surface area contributed by atoms with E-state index in [1.54, 1.807) is 0 Å². The molecule has 22 heavy (non-hydrogen) atoms. The lowest BCUT2D eigenvalue weighted by atomic mass is 10.1. The molecule has 0 unspecified atom stereocenters. The zero-order valence-electron chi connectivity index (χ0n) is 13.0. The van der Waals surface area contributed by atoms with Gasteiger partial charge in [-0.15, -0.1) is 0 Å². The second-order valence-electron chi connectivity index (χ2n) is 6.06. The molecule has 1 amide bonds. The second-order valence-corrected chi connectivity index (χ2v) is 7.21. The summed E-state index contributed by atoms with van der Waals surface area (Å²) in [5.41, 5.74) is 1.15. The molecule has 2 fully saturated rings. The summed E-state index contributed by atoms with van der Waals surface area (Å²) >= 11 is 1.93. The molecule has 0 saturated carbocycles. The lowest BCUT2D eigenvalue weighted by molar-refractivity contribution is -0.144. The fourth-order valence-electron chi connectivity index (χ4n) is 3.05. The molecule has 2 aliphatic heterocycles. The fourth-order valence-corrected chi connectivity index (χ4v) is 4.00. The second kappa shape index (κ2) is 7.49. The Labute approximate surface area is 136 Å². The smallest absolute Gasteiger partial charge is 0.224 e. The number of hydrogen-bond donors (Lipinski definition) is 1. The largest absolute Gasteiger partial charge is 0.370 e. The lowest BCUT2D eigenvalue weighted by Gasteiger charge is -2.39. The number of ether oxygens (including phenoxy) is 1. The highest BCUT2D eigenvalue weighted by Gasteiger charge is 2.31. The third kappa shape index (κ3) is 3.83. The summed E-state index contributed by atoms with van der Waals surface area (Å²) in [6.07, 6.45) is 0.591. The Hall–Kier alpha value is -1.04. The maximum Gasteiger partial charge on any atom is 0.224 e. The van der Waals surface area contributed by atoms with Crippen molar-refractivity contribution < 1.29 is 9.53 Å². The van der Waals surface area contributed by atoms with Gasteiger partial charge in [-0.2, -0.15) is 11.8 Å². The van der Waals surface area contributed by atoms with Gasteiger partial charge in [-0.1, -0.05) is 30.3 Å². The first-order valence-corrected chi connectivity index (χ1v) is 9.16. The number of rotatable bonds is 3. The van der Waals surface area contributed by atoms with Crippen molar-refractivity contribution >= 4 is 17.7 Å². The Morgan fingerprint density at radius 3 is 2.95 bits per heavy atom. The number of carbonyl (C=O) groups is 1. The number of thioether (sulfide) groups is 1. The van der Waals surface area contributed by atoms with E-state index in [4.69, 9.17) is 4.74 Å². The van der Waals surface area contributed by atoms with Crippen LogP contribution in [-0.2, 0) is 9.53 Å². The summed E-state index contributed by atoms with van der Waals surface area (Å²) in [6, 6.07) is 10.7. The Morgan fingerprint density at radius 1 is 1.41 bits per heavy atom. The highest BCUT2D eigenvalue weighted by atomic mass is 32.2. The fraction of sp³-hybridized carbons (Fsp3) is 0.588. The molecule has 0 spiro atoms. The van der Waals surface area contributed by atoms with Crippen molar-refractivity contribution in [2.24, 2.45) is 0 Å². The molecule has 2 aliphatic rings. The van der Waals surface area contributed by atoms with Crippen LogP contribution in [-0.4, -0.2) is 54.1 Å². The van der Waals surface area contributed by atoms with Crippen LogP contribution in [0.25, 0.3) is 0 Å². The first kappa shape index (κ1) is 15.8. The van der Waals surface area contributed by atoms with Gasteiger partial charge < -0.3 is 15.0 Å². The van der Waals surface area contributed by atoms with Crippen LogP contribution in [0.4, 0.5) is 0 Å². The summed E-state index contributed by atoms with van der Waals surface area (Å²) in [5.74, 6) is 2.43. The Morgan fingerprint density at radius 2 is 2.23 bits per heavy atom. The number of amides is 1. The van der Waals surface area contributed by atoms with E-state index in [-0.39, 0.29) is 18.1 Å². The number of hydrogen-bond acceptors (Lipinski definition) is 4. The third-order valence-corrected chi connectivity index (χ3v) is 5.48. The van der Waals surface area contributed by atoms with Crippen LogP contribution in [0.2, 0.25) is 0 Å². The topological polar surface area (TPSA) is 41.6 Å². The quantitative estimate of drug-likeness (QED) is 0.926. The van der Waals surface area contributed by atoms with E-state index in [0.29, 0.717) is 25.6 Å². The van der Waals surface area contributed by atoms with Gasteiger partial charge in [0.25, 0.3) is 0 Å². The predicted octanol–water partition coefficient (Wildman–Crippen LogP) is 2.07. The normalized spacial score (nSPS) is 29.3. The van der Waals surface area contributed by atoms with Gasteiger partial charge >= 0.3 is 0 Å². The lowest BCUT2D eigenvalue weighted by Crippen LogP contribution is -2.50. The molecule has 0 aliphatic carbocycles. The minimum absolute atomic E-state index is 0.00459. The van der Waals surface area contributed by atoms with Crippen LogP contribution < -0.4 is 5.32 Å². The molecule has 3 atom stereocenters. The van der Waals surface area contributed by atoms with E-state index < -0.39 is 0 Å². The molecule has 1 aromatic rings. The SMILES string of the molecule is C[C@@H]1CO[C@@H](c2ccccc2)CN1C(=O)C[C@H]1CSCCN1. The van der Waals surface area contributed by atoms with Crippen molar-refractivity contribution in [2.45, 2.75) is 31.5 Å². The number of benzene rings is 1. The highest BCUT2D eigenvalue weighted by molar-refractivity contribution is 7.99. The predicted molar refractivity (Wildman–Crippen MR) is 90.0 cm³/mol. The maximum atomic E-state index is 12.7. The van der Waals surface area contributed by atoms with Crippen LogP contribution in [0.5, 0.6) is 0 Å². The molecule has 1 aromatic carbocycles. The summed E-state index contributed by atoms with van der Waals surface area (Å²) in [6.45, 7) is 4.35. The minimum atomic E-state index is -0.00459. The average Bonchev–Trinajstić information content (AvgIpc) is 2.57. The maximum absolute atomic E-state index is 12.7. The Balaban J connectivity index is 1.62. The van der Waals surface area contributed by atoms with E-state index in [1.165, 1.54) is 0 Å². The van der Waals surface area contributed by atoms with Crippen molar-refractivity contribution in [3.8, 4) is 0 Å². The van der Waals surface area contributed by atoms with Crippen LogP contribution >= 0.6 is 11.8 Å². The van der Waals surface area contributed by atoms with E-state index in [1.807, 2.05) is 34.9 Å². The average molecular weight is 320 g/mol. The molecule has 1 N–H and O–H groups in total. The Kier molecular flexibility index (Phi) is 5.39. The molecule has 0 aromatic heterocycles. The first-order chi connectivity index (χ1) is 10.7. The van der Waals surface area contributed by atoms with Crippen molar-refractivity contribution in [3.63, 3.8) is 0 Å². The number of nitrogens with zero attached hydrogens (tertiary/aromatic N) is 1. The summed E-state index contributed by atoms with van der Waals surface area (Å²) < 4.78 is 5.93. The number of nitrogens with one attached hydrogen (secondary N) is 1. The molecule has 120 valence electrons. The molecular formula is C17H24N2O2S. The summed E-state index contributed by atoms with van der Waals surface area (Å²) in [4.78, 5) is 14.7. The molecule has 5 heteroatoms. The zero-order valence-corrected chi connectivity index (χ0v) is 13.8. The molecule has 0 radical (unpaired) electrons. The molecule has 2 heterocycles. The molecule has 2 saturated heterocycles. The van der Waals surface area contributed by atoms with Crippen LogP contribution in [0, 0.1) is 0 Å². The first-order valence-electron chi connectivity index (χ1n) is 8.01. The van der Waals surface area contributed by atoms with E-state index in [0.717, 1.165) is 23.6 Å². The van der Waals surface area contributed by atoms with Gasteiger partial charge in [0.05, 0.1) is 19.2 Å². The van der Waals surface area contributed by atoms with Gasteiger partial charge in [0.15, 0.2) is 0 Å². The standard InChI is InChI=1S/C17H24N2O2S/c1-13-11-21-16(14-5-3-2-4-6-14)10-19(13)17(20)9-15-12-22-8-7-18-15/h2-6,13,15-16,18H,7-12H2,1H3/t13-,15+,16-/m1/s1. The van der Waals surface area contributed by atoms with Crippen molar-refractivity contribution in [3.05, 3.63) is 35.9 Å². The van der Waals surface area contributed by atoms with Gasteiger partial charge in [-0.05, 0) is 12.5 Å². The van der Waals surface area contributed by atoms with Crippen molar-refractivity contribution in [2.75, 3.05) is 31.2 Å². The summed E-state index contributed by atoms with van der Waals surface area (Å²) in [5, 5.41) is 3.45. The van der Waals surface area contributed by atoms with E-state index in [2.05, 4.69) is 24.4 Å². The van der Waals surface area contributed by atoms with Crippen molar-refractivity contribution in [1.82, 2.24) is 10.2 Å². The monoisotopic (exact) mass is 320 g/mol. The van der Waals surface area contributed by atoms with Crippen LogP contribution in [0.15, 0.2) is 30.3 Å². The third-order valence-electron chi connectivity index (χ3n) is 4.34. The van der Waals surface area contributed by atoms with E-state index in [9.17, 15) is 4.79 Å². The molecular weight excluding hydrogens is 296 g/mol. The van der Waals surface area contributed by atoms with Crippen molar-refractivity contribution in [1.29, 1.82) is 0 Å². The van der Waals surface area contributed by atoms with Gasteiger partial charge in [0.2, 0.25) is 5.91 Å². The van der Waals surface area contributed by atoms with Gasteiger partial charge in [-0.25, -0.2) is 0 Å².